The Labute approximate surface area is 151 Å². The summed E-state index contributed by atoms with van der Waals surface area (Å²) in [7, 11) is 1.47. The van der Waals surface area contributed by atoms with Crippen molar-refractivity contribution in [3.05, 3.63) is 70.6 Å². The second-order valence-corrected chi connectivity index (χ2v) is 6.02. The molecule has 5 heteroatoms. The fourth-order valence-corrected chi connectivity index (χ4v) is 2.58. The predicted molar refractivity (Wildman–Crippen MR) is 100 cm³/mol. The molecule has 2 rings (SSSR count). The number of aromatic carboxylic acids is 1. The van der Waals surface area contributed by atoms with Crippen molar-refractivity contribution < 1.29 is 24.1 Å². The number of methoxy groups -OCH3 is 1. The van der Waals surface area contributed by atoms with E-state index in [9.17, 15) is 19.4 Å². The van der Waals surface area contributed by atoms with E-state index >= 15 is 0 Å². The lowest BCUT2D eigenvalue weighted by Crippen LogP contribution is -2.05. The van der Waals surface area contributed by atoms with Crippen molar-refractivity contribution in [3.8, 4) is 11.5 Å². The van der Waals surface area contributed by atoms with Crippen molar-refractivity contribution >= 4 is 18.1 Å². The summed E-state index contributed by atoms with van der Waals surface area (Å²) in [4.78, 5) is 11.7. The van der Waals surface area contributed by atoms with Crippen LogP contribution in [0.4, 0.5) is 4.39 Å². The van der Waals surface area contributed by atoms with E-state index in [0.717, 1.165) is 5.57 Å². The molecule has 26 heavy (non-hydrogen) atoms. The molecule has 2 N–H and O–H groups in total. The van der Waals surface area contributed by atoms with E-state index in [-0.39, 0.29) is 17.1 Å². The number of carboxylic acids is 1. The van der Waals surface area contributed by atoms with Crippen molar-refractivity contribution in [2.24, 2.45) is 0 Å². The van der Waals surface area contributed by atoms with Gasteiger partial charge < -0.3 is 14.9 Å². The smallest absolute Gasteiger partial charge is 0.340 e. The standard InChI is InChI=1S/C21H21FO4/c1-13(2)4-11-17-18(26-3)12-15(19(20(17)23)21(24)25)8-5-14-6-9-16(22)10-7-14/h5-10,12,23H,1,4,11H2,2-3H3,(H,24,25). The first-order valence-electron chi connectivity index (χ1n) is 8.07. The van der Waals surface area contributed by atoms with E-state index in [0.29, 0.717) is 35.3 Å². The summed E-state index contributed by atoms with van der Waals surface area (Å²) in [6.45, 7) is 5.69. The maximum Gasteiger partial charge on any atom is 0.340 e. The van der Waals surface area contributed by atoms with E-state index in [1.807, 2.05) is 6.92 Å². The first kappa shape index (κ1) is 19.2. The van der Waals surface area contributed by atoms with Gasteiger partial charge >= 0.3 is 5.97 Å². The van der Waals surface area contributed by atoms with Crippen LogP contribution in [0.1, 0.15) is 40.4 Å². The fourth-order valence-electron chi connectivity index (χ4n) is 2.58. The van der Waals surface area contributed by atoms with Crippen LogP contribution >= 0.6 is 0 Å². The highest BCUT2D eigenvalue weighted by atomic mass is 19.1. The molecule has 0 aromatic heterocycles. The monoisotopic (exact) mass is 356 g/mol. The normalized spacial score (nSPS) is 10.9. The second kappa shape index (κ2) is 8.34. The summed E-state index contributed by atoms with van der Waals surface area (Å²) < 4.78 is 18.3. The van der Waals surface area contributed by atoms with Crippen LogP contribution in [-0.2, 0) is 6.42 Å². The number of halogens is 1. The molecular weight excluding hydrogens is 335 g/mol. The van der Waals surface area contributed by atoms with Crippen molar-refractivity contribution in [3.63, 3.8) is 0 Å². The van der Waals surface area contributed by atoms with E-state index in [1.54, 1.807) is 30.4 Å². The first-order valence-corrected chi connectivity index (χ1v) is 8.07. The third kappa shape index (κ3) is 4.51. The number of carboxylic acid groups (broad SMARTS) is 1. The summed E-state index contributed by atoms with van der Waals surface area (Å²) in [5.41, 5.74) is 2.17. The number of ether oxygens (including phenoxy) is 1. The van der Waals surface area contributed by atoms with Gasteiger partial charge in [0.15, 0.2) is 0 Å². The molecule has 2 aromatic carbocycles. The molecule has 0 aliphatic carbocycles. The molecule has 2 aromatic rings. The molecule has 0 radical (unpaired) electrons. The molecule has 0 fully saturated rings. The van der Waals surface area contributed by atoms with Crippen LogP contribution in [0.2, 0.25) is 0 Å². The third-order valence-electron chi connectivity index (χ3n) is 3.96. The zero-order valence-electron chi connectivity index (χ0n) is 14.8. The SMILES string of the molecule is C=C(C)CCc1c(OC)cc(C=Cc2ccc(F)cc2)c(C(=O)O)c1O. The first-order chi connectivity index (χ1) is 12.3. The number of benzene rings is 2. The van der Waals surface area contributed by atoms with Gasteiger partial charge in [-0.2, -0.15) is 0 Å². The number of aromatic hydroxyl groups is 1. The van der Waals surface area contributed by atoms with E-state index in [1.165, 1.54) is 19.2 Å². The highest BCUT2D eigenvalue weighted by molar-refractivity contribution is 5.97. The summed E-state index contributed by atoms with van der Waals surface area (Å²) in [6.07, 6.45) is 4.23. The van der Waals surface area contributed by atoms with E-state index in [2.05, 4.69) is 6.58 Å². The van der Waals surface area contributed by atoms with E-state index < -0.39 is 5.97 Å². The topological polar surface area (TPSA) is 66.8 Å². The summed E-state index contributed by atoms with van der Waals surface area (Å²) in [5.74, 6) is -1.49. The van der Waals surface area contributed by atoms with Gasteiger partial charge in [-0.1, -0.05) is 29.9 Å². The molecule has 0 aliphatic rings. The van der Waals surface area contributed by atoms with Crippen LogP contribution in [0, 0.1) is 5.82 Å². The average molecular weight is 356 g/mol. The van der Waals surface area contributed by atoms with Crippen LogP contribution in [0.5, 0.6) is 11.5 Å². The van der Waals surface area contributed by atoms with Crippen LogP contribution in [0.3, 0.4) is 0 Å². The minimum atomic E-state index is -1.24. The molecule has 4 nitrogen and oxygen atoms in total. The number of rotatable bonds is 7. The van der Waals surface area contributed by atoms with Gasteiger partial charge in [0.2, 0.25) is 0 Å². The Morgan fingerprint density at radius 2 is 1.92 bits per heavy atom. The van der Waals surface area contributed by atoms with Gasteiger partial charge in [0.1, 0.15) is 22.9 Å². The van der Waals surface area contributed by atoms with Gasteiger partial charge in [0, 0.05) is 5.56 Å². The zero-order valence-corrected chi connectivity index (χ0v) is 14.8. The van der Waals surface area contributed by atoms with Crippen molar-refractivity contribution in [1.82, 2.24) is 0 Å². The molecule has 0 spiro atoms. The molecule has 0 aliphatic heterocycles. The van der Waals surface area contributed by atoms with Gasteiger partial charge in [-0.15, -0.1) is 6.58 Å². The largest absolute Gasteiger partial charge is 0.507 e. The highest BCUT2D eigenvalue weighted by Gasteiger charge is 2.21. The Kier molecular flexibility index (Phi) is 6.17. The fraction of sp³-hybridized carbons (Fsp3) is 0.190. The van der Waals surface area contributed by atoms with Crippen LogP contribution < -0.4 is 4.74 Å². The summed E-state index contributed by atoms with van der Waals surface area (Å²) >= 11 is 0. The zero-order chi connectivity index (χ0) is 19.3. The Hall–Kier alpha value is -3.08. The Morgan fingerprint density at radius 3 is 2.46 bits per heavy atom. The van der Waals surface area contributed by atoms with Gasteiger partial charge in [0.05, 0.1) is 7.11 Å². The van der Waals surface area contributed by atoms with Gasteiger partial charge in [-0.25, -0.2) is 9.18 Å². The quantitative estimate of drug-likeness (QED) is 0.546. The van der Waals surface area contributed by atoms with Crippen LogP contribution in [0.25, 0.3) is 12.2 Å². The number of carbonyl (C=O) groups is 1. The molecule has 0 unspecified atom stereocenters. The Balaban J connectivity index is 2.50. The molecule has 0 amide bonds. The van der Waals surface area contributed by atoms with Gasteiger partial charge in [-0.3, -0.25) is 0 Å². The van der Waals surface area contributed by atoms with Gasteiger partial charge in [-0.05, 0) is 49.1 Å². The van der Waals surface area contributed by atoms with Crippen molar-refractivity contribution in [2.75, 3.05) is 7.11 Å². The minimum absolute atomic E-state index is 0.194. The molecule has 0 heterocycles. The maximum atomic E-state index is 13.0. The number of hydrogen-bond acceptors (Lipinski definition) is 3. The second-order valence-electron chi connectivity index (χ2n) is 6.02. The molecule has 136 valence electrons. The van der Waals surface area contributed by atoms with Crippen LogP contribution in [0.15, 0.2) is 42.5 Å². The minimum Gasteiger partial charge on any atom is -0.507 e. The molecular formula is C21H21FO4. The lowest BCUT2D eigenvalue weighted by atomic mass is 9.96. The summed E-state index contributed by atoms with van der Waals surface area (Å²) in [6, 6.07) is 7.36. The number of phenols is 1. The highest BCUT2D eigenvalue weighted by Crippen LogP contribution is 2.36. The number of allylic oxidation sites excluding steroid dienone is 1. The van der Waals surface area contributed by atoms with Crippen molar-refractivity contribution in [1.29, 1.82) is 0 Å². The predicted octanol–water partition coefficient (Wildman–Crippen LogP) is 4.92. The van der Waals surface area contributed by atoms with Crippen molar-refractivity contribution in [2.45, 2.75) is 19.8 Å². The summed E-state index contributed by atoms with van der Waals surface area (Å²) in [5, 5.41) is 20.1. The lowest BCUT2D eigenvalue weighted by molar-refractivity contribution is 0.0693. The third-order valence-corrected chi connectivity index (χ3v) is 3.96. The maximum absolute atomic E-state index is 13.0. The van der Waals surface area contributed by atoms with Gasteiger partial charge in [0.25, 0.3) is 0 Å². The molecule has 0 atom stereocenters. The Bertz CT molecular complexity index is 851. The molecule has 0 saturated carbocycles. The molecule has 0 bridgehead atoms. The van der Waals surface area contributed by atoms with Crippen LogP contribution in [-0.4, -0.2) is 23.3 Å². The number of hydrogen-bond donors (Lipinski definition) is 2. The molecule has 0 saturated heterocycles. The average Bonchev–Trinajstić information content (AvgIpc) is 2.59. The lowest BCUT2D eigenvalue weighted by Gasteiger charge is -2.15. The van der Waals surface area contributed by atoms with E-state index in [4.69, 9.17) is 4.74 Å². The Morgan fingerprint density at radius 1 is 1.27 bits per heavy atom.